The minimum atomic E-state index is -0.905. The molecule has 2 aliphatic rings. The van der Waals surface area contributed by atoms with Gasteiger partial charge in [0, 0.05) is 65.6 Å². The van der Waals surface area contributed by atoms with Crippen molar-refractivity contribution in [3.05, 3.63) is 330 Å². The second-order valence-corrected chi connectivity index (χ2v) is 41.8. The molecule has 0 unspecified atom stereocenters. The number of hydrogen-bond donors (Lipinski definition) is 0. The molecule has 0 saturated carbocycles. The molecule has 19 aromatic rings. The molecule has 0 amide bonds. The Bertz CT molecular complexity index is 8340. The van der Waals surface area contributed by atoms with Gasteiger partial charge >= 0.3 is 0 Å². The normalized spacial score (nSPS) is 15.2. The average molecular weight is 1610 g/mol. The number of aromatic nitrogens is 4. The van der Waals surface area contributed by atoms with Crippen LogP contribution in [0, 0.1) is 0 Å². The molecular weight excluding hydrogens is 1480 g/mol. The van der Waals surface area contributed by atoms with Gasteiger partial charge in [0.25, 0.3) is 6.71 Å². The van der Waals surface area contributed by atoms with Crippen molar-refractivity contribution in [1.29, 1.82) is 0 Å². The van der Waals surface area contributed by atoms with E-state index in [-0.39, 0.29) is 54.4 Å². The van der Waals surface area contributed by atoms with E-state index >= 15 is 0 Å². The summed E-state index contributed by atoms with van der Waals surface area (Å²) < 4.78 is 168. The van der Waals surface area contributed by atoms with Crippen molar-refractivity contribution in [2.24, 2.45) is 0 Å². The Morgan fingerprint density at radius 2 is 0.520 bits per heavy atom. The number of rotatable bonds is 4. The zero-order valence-electron chi connectivity index (χ0n) is 90.3. The van der Waals surface area contributed by atoms with Gasteiger partial charge in [-0.15, -0.1) is 0 Å². The van der Waals surface area contributed by atoms with Crippen LogP contribution in [0.4, 0.5) is 0 Å². The Kier molecular flexibility index (Phi) is 13.6. The van der Waals surface area contributed by atoms with E-state index in [9.17, 15) is 21.9 Å². The molecule has 0 radical (unpaired) electrons. The third kappa shape index (κ3) is 12.1. The van der Waals surface area contributed by atoms with Crippen molar-refractivity contribution in [3.8, 4) is 45.0 Å². The van der Waals surface area contributed by atoms with E-state index in [2.05, 4.69) is 312 Å². The van der Waals surface area contributed by atoms with Gasteiger partial charge in [-0.05, 0) is 232 Å². The van der Waals surface area contributed by atoms with Gasteiger partial charge in [-0.3, -0.25) is 0 Å². The molecule has 0 spiro atoms. The van der Waals surface area contributed by atoms with Gasteiger partial charge < -0.3 is 18.3 Å². The van der Waals surface area contributed by atoms with Crippen molar-refractivity contribution in [3.63, 3.8) is 0 Å². The maximum Gasteiger partial charge on any atom is 0.252 e. The summed E-state index contributed by atoms with van der Waals surface area (Å²) in [6.07, 6.45) is 0. The lowest BCUT2D eigenvalue weighted by Crippen LogP contribution is -2.60. The molecular formula is C118H111BN4. The first-order valence-electron chi connectivity index (χ1n) is 51.4. The summed E-state index contributed by atoms with van der Waals surface area (Å²) in [6, 6.07) is 62.6. The van der Waals surface area contributed by atoms with Crippen molar-refractivity contribution < 1.29 is 21.9 Å². The lowest BCUT2D eigenvalue weighted by molar-refractivity contribution is 0.589. The van der Waals surface area contributed by atoms with Gasteiger partial charge in [-0.2, -0.15) is 0 Å². The largest absolute Gasteiger partial charge is 0.309 e. The van der Waals surface area contributed by atoms with Crippen molar-refractivity contribution in [2.45, 2.75) is 183 Å². The molecule has 0 N–H and O–H groups in total. The first-order chi connectivity index (χ1) is 65.1. The molecule has 0 bridgehead atoms. The lowest BCUT2D eigenvalue weighted by atomic mass is 9.34. The predicted octanol–water partition coefficient (Wildman–Crippen LogP) is 30.5. The lowest BCUT2D eigenvalue weighted by Gasteiger charge is -2.38. The van der Waals surface area contributed by atoms with E-state index in [0.717, 1.165) is 143 Å². The molecule has 15 aromatic carbocycles. The molecule has 5 heteroatoms. The van der Waals surface area contributed by atoms with Gasteiger partial charge in [0.15, 0.2) is 0 Å². The topological polar surface area (TPSA) is 19.7 Å². The zero-order valence-corrected chi connectivity index (χ0v) is 74.3. The van der Waals surface area contributed by atoms with Crippen LogP contribution in [0.25, 0.3) is 175 Å². The maximum atomic E-state index is 10.5. The Hall–Kier alpha value is -12.4. The second kappa shape index (κ2) is 27.0. The van der Waals surface area contributed by atoms with Crippen molar-refractivity contribution in [1.82, 2.24) is 18.3 Å². The Morgan fingerprint density at radius 3 is 0.862 bits per heavy atom. The van der Waals surface area contributed by atoms with Crippen LogP contribution >= 0.6 is 0 Å². The van der Waals surface area contributed by atoms with Crippen LogP contribution in [0.2, 0.25) is 0 Å². The summed E-state index contributed by atoms with van der Waals surface area (Å²) in [5, 5.41) is 9.13. The summed E-state index contributed by atoms with van der Waals surface area (Å²) in [5.41, 5.74) is 14.9. The summed E-state index contributed by atoms with van der Waals surface area (Å²) >= 11 is 0. The first-order valence-corrected chi connectivity index (χ1v) is 43.4. The summed E-state index contributed by atoms with van der Waals surface area (Å²) in [4.78, 5) is 0. The zero-order chi connectivity index (χ0) is 99.5. The third-order valence-electron chi connectivity index (χ3n) is 26.6. The van der Waals surface area contributed by atoms with Crippen LogP contribution < -0.4 is 16.4 Å². The van der Waals surface area contributed by atoms with Gasteiger partial charge in [0.1, 0.15) is 0 Å². The maximum absolute atomic E-state index is 10.5. The summed E-state index contributed by atoms with van der Waals surface area (Å²) in [6.45, 7) is 46.3. The molecule has 0 aliphatic carbocycles. The number of para-hydroxylation sites is 4. The van der Waals surface area contributed by atoms with Crippen LogP contribution in [0.15, 0.2) is 291 Å². The van der Waals surface area contributed by atoms with E-state index in [1.165, 1.54) is 0 Å². The molecule has 6 heterocycles. The number of hydrogen-bond acceptors (Lipinski definition) is 0. The summed E-state index contributed by atoms with van der Waals surface area (Å²) in [7, 11) is 0. The van der Waals surface area contributed by atoms with Gasteiger partial charge in [0.05, 0.1) is 77.4 Å². The quantitative estimate of drug-likeness (QED) is 0.157. The second-order valence-electron chi connectivity index (χ2n) is 41.8. The molecule has 0 atom stereocenters. The standard InChI is InChI=1S/C118H111BN4/c1-112(2,3)72-38-34-36-70(60-72)89-64-76(116(13,14)15)66-93-91-62-74(114(7,8)9)52-54-81(91)79-40-22-24-46-87(79)105-101(120-97-48-30-26-42-83(97)84-43-27-31-49-98(84)120)58-56-95-110(105)122(108(89)93)103-68-78(118(19,20)21)69-104-107(103)119(95)96-57-59-102(121-99-50-32-28-44-85(99)86-45-29-33-51-100(86)121)106-88-47-25-23-41-80(88)82-55-53-75(115(10,11)12)63-92(82)94-67-77(117(16,17)18)65-90(109(94)123(104)111(96)106)71-37-35-39-73(61-71)113(4,5)6/h22-69H,1-21H3/i26D,27D,28D,29D,30D,31D,32D,33D,42D,43D,44D,45D,48D,49D,50D,51D. The van der Waals surface area contributed by atoms with Crippen LogP contribution in [-0.2, 0) is 37.9 Å². The van der Waals surface area contributed by atoms with Crippen molar-refractivity contribution in [2.75, 3.05) is 0 Å². The molecule has 2 aliphatic heterocycles. The molecule has 606 valence electrons. The molecule has 123 heavy (non-hydrogen) atoms. The highest BCUT2D eigenvalue weighted by molar-refractivity contribution is 7.00. The van der Waals surface area contributed by atoms with E-state index < -0.39 is 130 Å². The van der Waals surface area contributed by atoms with Crippen LogP contribution in [0.5, 0.6) is 0 Å². The van der Waals surface area contributed by atoms with Gasteiger partial charge in [-0.25, -0.2) is 0 Å². The number of benzene rings is 15. The van der Waals surface area contributed by atoms with Crippen LogP contribution in [0.3, 0.4) is 0 Å². The highest BCUT2D eigenvalue weighted by Crippen LogP contribution is 2.51. The smallest absolute Gasteiger partial charge is 0.252 e. The Labute approximate surface area is 747 Å². The molecule has 0 fully saturated rings. The fraction of sp³-hybridized carbons (Fsp3) is 0.237. The molecule has 21 rings (SSSR count). The van der Waals surface area contributed by atoms with Crippen LogP contribution in [-0.4, -0.2) is 25.0 Å². The van der Waals surface area contributed by atoms with Gasteiger partial charge in [0.2, 0.25) is 0 Å². The van der Waals surface area contributed by atoms with Gasteiger partial charge in [-0.1, -0.05) is 351 Å². The number of nitrogens with zero attached hydrogens (tertiary/aromatic N) is 4. The number of fused-ring (bicyclic) bond motifs is 24. The highest BCUT2D eigenvalue weighted by atomic mass is 15.1. The monoisotopic (exact) mass is 1610 g/mol. The third-order valence-corrected chi connectivity index (χ3v) is 26.6. The first kappa shape index (κ1) is 61.8. The Morgan fingerprint density at radius 1 is 0.220 bits per heavy atom. The van der Waals surface area contributed by atoms with E-state index in [4.69, 9.17) is 0 Å². The van der Waals surface area contributed by atoms with E-state index in [1.807, 2.05) is 36.4 Å². The van der Waals surface area contributed by atoms with Crippen molar-refractivity contribution >= 4 is 153 Å². The average Bonchev–Trinajstić information content (AvgIpc) is 1.66. The molecule has 0 saturated heterocycles. The molecule has 4 aromatic heterocycles. The fourth-order valence-corrected chi connectivity index (χ4v) is 19.9. The predicted molar refractivity (Wildman–Crippen MR) is 536 cm³/mol. The van der Waals surface area contributed by atoms with E-state index in [1.54, 1.807) is 9.13 Å². The fourth-order valence-electron chi connectivity index (χ4n) is 19.9. The van der Waals surface area contributed by atoms with Crippen LogP contribution in [0.1, 0.15) is 206 Å². The van der Waals surface area contributed by atoms with E-state index in [0.29, 0.717) is 44.0 Å². The minimum Gasteiger partial charge on any atom is -0.309 e. The molecule has 4 nitrogen and oxygen atoms in total. The highest BCUT2D eigenvalue weighted by Gasteiger charge is 2.43. The Balaban J connectivity index is 1.16. The SMILES string of the molecule is [2H]c1c([2H])c([2H])c2c(c1[2H])c1c([2H])c([2H])c([2H])c([2H])c1n2-c1ccc2c3c1c1ccccc1c1ccc(C(C)(C)C)cc1c1cc(C(C)(C)C)cc(-c4cccc(C(C)(C)C)c4)c1n3-c1cc(C(C)(C)C)cc3c1B2c1ccc(-n2c4c([2H])c([2H])c([2H])c([2H])c4c4c([2H])c([2H])c([2H])c([2H])c42)c2c4ccccc4c4ccc(C(C)(C)C)cc4c4cc(C(C)(C)C)cc(-c5cccc(C(C)(C)C)c5)c4n-3c12. The minimum absolute atomic E-state index is 0.0562. The summed E-state index contributed by atoms with van der Waals surface area (Å²) in [5.74, 6) is 0.